The molecule has 0 atom stereocenters. The molecule has 1 N–H and O–H groups in total. The summed E-state index contributed by atoms with van der Waals surface area (Å²) in [5.74, 6) is 0.925. The molecule has 3 nitrogen and oxygen atoms in total. The van der Waals surface area contributed by atoms with E-state index in [1.165, 1.54) is 30.6 Å². The van der Waals surface area contributed by atoms with E-state index in [1.807, 2.05) is 0 Å². The van der Waals surface area contributed by atoms with Crippen molar-refractivity contribution in [3.8, 4) is 0 Å². The van der Waals surface area contributed by atoms with Crippen LogP contribution in [-0.4, -0.2) is 33.4 Å². The topological polar surface area (TPSA) is 24.5 Å². The normalized spacial score (nSPS) is 14.6. The average Bonchev–Trinajstić information content (AvgIpc) is 3.26. The van der Waals surface area contributed by atoms with Gasteiger partial charge in [0, 0.05) is 39.0 Å². The number of benzene rings is 1. The molecule has 0 aliphatic heterocycles. The molecule has 0 spiro atoms. The summed E-state index contributed by atoms with van der Waals surface area (Å²) in [4.78, 5) is 2.52. The zero-order chi connectivity index (χ0) is 13.5. The largest absolute Gasteiger partial charge is 0.383 e. The fourth-order valence-electron chi connectivity index (χ4n) is 2.38. The van der Waals surface area contributed by atoms with Crippen LogP contribution in [0.3, 0.4) is 0 Å². The van der Waals surface area contributed by atoms with Crippen LogP contribution in [0.15, 0.2) is 24.3 Å². The van der Waals surface area contributed by atoms with Gasteiger partial charge in [0.25, 0.3) is 0 Å². The molecule has 0 aromatic heterocycles. The van der Waals surface area contributed by atoms with E-state index in [0.717, 1.165) is 32.2 Å². The Morgan fingerprint density at radius 2 is 2.11 bits per heavy atom. The predicted octanol–water partition coefficient (Wildman–Crippen LogP) is 2.66. The lowest BCUT2D eigenvalue weighted by Crippen LogP contribution is -2.27. The van der Waals surface area contributed by atoms with Crippen molar-refractivity contribution in [1.29, 1.82) is 0 Å². The lowest BCUT2D eigenvalue weighted by Gasteiger charge is -2.26. The SMILES string of the molecule is CCN(CC1CC1)c1ccccc1CNCCOC. The fourth-order valence-corrected chi connectivity index (χ4v) is 2.38. The first-order chi connectivity index (χ1) is 9.35. The molecule has 1 aliphatic rings. The van der Waals surface area contributed by atoms with Gasteiger partial charge in [0.1, 0.15) is 0 Å². The number of hydrogen-bond acceptors (Lipinski definition) is 3. The summed E-state index contributed by atoms with van der Waals surface area (Å²) in [5.41, 5.74) is 2.78. The van der Waals surface area contributed by atoms with Crippen molar-refractivity contribution in [2.75, 3.05) is 38.3 Å². The van der Waals surface area contributed by atoms with Gasteiger partial charge in [-0.15, -0.1) is 0 Å². The van der Waals surface area contributed by atoms with Gasteiger partial charge >= 0.3 is 0 Å². The summed E-state index contributed by atoms with van der Waals surface area (Å²) in [6.07, 6.45) is 2.81. The number of nitrogens with zero attached hydrogens (tertiary/aromatic N) is 1. The molecular formula is C16H26N2O. The molecule has 0 unspecified atom stereocenters. The minimum Gasteiger partial charge on any atom is -0.383 e. The predicted molar refractivity (Wildman–Crippen MR) is 80.6 cm³/mol. The summed E-state index contributed by atoms with van der Waals surface area (Å²) in [7, 11) is 1.74. The second kappa shape index (κ2) is 7.51. The van der Waals surface area contributed by atoms with Crippen LogP contribution < -0.4 is 10.2 Å². The summed E-state index contributed by atoms with van der Waals surface area (Å²) in [6.45, 7) is 7.14. The third-order valence-corrected chi connectivity index (χ3v) is 3.69. The van der Waals surface area contributed by atoms with E-state index in [1.54, 1.807) is 7.11 Å². The molecule has 1 aliphatic carbocycles. The fraction of sp³-hybridized carbons (Fsp3) is 0.625. The first-order valence-corrected chi connectivity index (χ1v) is 7.37. The minimum atomic E-state index is 0.766. The van der Waals surface area contributed by atoms with Crippen molar-refractivity contribution in [3.63, 3.8) is 0 Å². The monoisotopic (exact) mass is 262 g/mol. The molecule has 1 aromatic rings. The van der Waals surface area contributed by atoms with Crippen molar-refractivity contribution in [3.05, 3.63) is 29.8 Å². The van der Waals surface area contributed by atoms with Gasteiger partial charge in [-0.3, -0.25) is 0 Å². The lowest BCUT2D eigenvalue weighted by molar-refractivity contribution is 0.199. The van der Waals surface area contributed by atoms with Crippen LogP contribution in [-0.2, 0) is 11.3 Å². The number of ether oxygens (including phenoxy) is 1. The Labute approximate surface area is 116 Å². The van der Waals surface area contributed by atoms with Gasteiger partial charge in [0.05, 0.1) is 6.61 Å². The highest BCUT2D eigenvalue weighted by atomic mass is 16.5. The van der Waals surface area contributed by atoms with Crippen molar-refractivity contribution in [2.45, 2.75) is 26.3 Å². The molecule has 0 radical (unpaired) electrons. The Morgan fingerprint density at radius 3 is 2.79 bits per heavy atom. The number of nitrogens with one attached hydrogen (secondary N) is 1. The minimum absolute atomic E-state index is 0.766. The molecule has 19 heavy (non-hydrogen) atoms. The van der Waals surface area contributed by atoms with E-state index >= 15 is 0 Å². The van der Waals surface area contributed by atoms with Gasteiger partial charge < -0.3 is 15.0 Å². The number of anilines is 1. The van der Waals surface area contributed by atoms with Gasteiger partial charge in [0.15, 0.2) is 0 Å². The highest BCUT2D eigenvalue weighted by Crippen LogP contribution is 2.32. The van der Waals surface area contributed by atoms with Crippen molar-refractivity contribution < 1.29 is 4.74 Å². The van der Waals surface area contributed by atoms with Gasteiger partial charge in [-0.1, -0.05) is 18.2 Å². The zero-order valence-corrected chi connectivity index (χ0v) is 12.2. The Bertz CT molecular complexity index is 377. The maximum absolute atomic E-state index is 5.07. The summed E-state index contributed by atoms with van der Waals surface area (Å²) < 4.78 is 5.07. The van der Waals surface area contributed by atoms with Gasteiger partial charge in [0.2, 0.25) is 0 Å². The van der Waals surface area contributed by atoms with Gasteiger partial charge in [-0.25, -0.2) is 0 Å². The van der Waals surface area contributed by atoms with E-state index in [2.05, 4.69) is 41.4 Å². The van der Waals surface area contributed by atoms with Crippen LogP contribution in [0.4, 0.5) is 5.69 Å². The highest BCUT2D eigenvalue weighted by Gasteiger charge is 2.24. The number of methoxy groups -OCH3 is 1. The van der Waals surface area contributed by atoms with Crippen molar-refractivity contribution in [1.82, 2.24) is 5.32 Å². The zero-order valence-electron chi connectivity index (χ0n) is 12.2. The Morgan fingerprint density at radius 1 is 1.32 bits per heavy atom. The standard InChI is InChI=1S/C16H26N2O/c1-3-18(13-14-8-9-14)16-7-5-4-6-15(16)12-17-10-11-19-2/h4-7,14,17H,3,8-13H2,1-2H3. The molecule has 1 fully saturated rings. The van der Waals surface area contributed by atoms with Gasteiger partial charge in [-0.2, -0.15) is 0 Å². The van der Waals surface area contributed by atoms with Crippen LogP contribution in [0, 0.1) is 5.92 Å². The summed E-state index contributed by atoms with van der Waals surface area (Å²) >= 11 is 0. The van der Waals surface area contributed by atoms with E-state index in [0.29, 0.717) is 0 Å². The van der Waals surface area contributed by atoms with Crippen LogP contribution in [0.1, 0.15) is 25.3 Å². The van der Waals surface area contributed by atoms with E-state index in [9.17, 15) is 0 Å². The maximum atomic E-state index is 5.07. The van der Waals surface area contributed by atoms with Gasteiger partial charge in [-0.05, 0) is 37.3 Å². The summed E-state index contributed by atoms with van der Waals surface area (Å²) in [5, 5.41) is 3.44. The van der Waals surface area contributed by atoms with Crippen LogP contribution >= 0.6 is 0 Å². The third kappa shape index (κ3) is 4.51. The lowest BCUT2D eigenvalue weighted by atomic mass is 10.1. The smallest absolute Gasteiger partial charge is 0.0587 e. The molecule has 0 saturated heterocycles. The average molecular weight is 262 g/mol. The Kier molecular flexibility index (Phi) is 5.67. The molecule has 0 heterocycles. The molecule has 0 amide bonds. The second-order valence-corrected chi connectivity index (χ2v) is 5.28. The number of hydrogen-bond donors (Lipinski definition) is 1. The number of para-hydroxylation sites is 1. The highest BCUT2D eigenvalue weighted by molar-refractivity contribution is 5.53. The second-order valence-electron chi connectivity index (χ2n) is 5.28. The molecule has 106 valence electrons. The van der Waals surface area contributed by atoms with E-state index < -0.39 is 0 Å². The first-order valence-electron chi connectivity index (χ1n) is 7.37. The van der Waals surface area contributed by atoms with Crippen LogP contribution in [0.25, 0.3) is 0 Å². The molecule has 1 aromatic carbocycles. The quantitative estimate of drug-likeness (QED) is 0.692. The van der Waals surface area contributed by atoms with Crippen LogP contribution in [0.5, 0.6) is 0 Å². The first kappa shape index (κ1) is 14.4. The molecule has 0 bridgehead atoms. The van der Waals surface area contributed by atoms with Crippen LogP contribution in [0.2, 0.25) is 0 Å². The third-order valence-electron chi connectivity index (χ3n) is 3.69. The van der Waals surface area contributed by atoms with E-state index in [-0.39, 0.29) is 0 Å². The van der Waals surface area contributed by atoms with Crippen molar-refractivity contribution >= 4 is 5.69 Å². The maximum Gasteiger partial charge on any atom is 0.0587 e. The van der Waals surface area contributed by atoms with Crippen molar-refractivity contribution in [2.24, 2.45) is 5.92 Å². The molecule has 2 rings (SSSR count). The molecular weight excluding hydrogens is 236 g/mol. The summed E-state index contributed by atoms with van der Waals surface area (Å²) in [6, 6.07) is 8.75. The van der Waals surface area contributed by atoms with E-state index in [4.69, 9.17) is 4.74 Å². The number of rotatable bonds is 9. The Hall–Kier alpha value is -1.06. The molecule has 3 heteroatoms. The molecule has 1 saturated carbocycles. The Balaban J connectivity index is 1.96.